The maximum Gasteiger partial charge on any atom is 0.212 e. The smallest absolute Gasteiger partial charge is 0.212 e. The number of nitrogens with zero attached hydrogens (tertiary/aromatic N) is 2. The van der Waals surface area contributed by atoms with Crippen molar-refractivity contribution in [1.29, 1.82) is 0 Å². The van der Waals surface area contributed by atoms with Crippen LogP contribution in [0.3, 0.4) is 0 Å². The monoisotopic (exact) mass is 337 g/mol. The second-order valence-corrected chi connectivity index (χ2v) is 7.33. The van der Waals surface area contributed by atoms with E-state index in [2.05, 4.69) is 9.82 Å². The van der Waals surface area contributed by atoms with E-state index in [9.17, 15) is 8.42 Å². The van der Waals surface area contributed by atoms with E-state index in [-0.39, 0.29) is 11.8 Å². The maximum absolute atomic E-state index is 11.9. The van der Waals surface area contributed by atoms with Gasteiger partial charge < -0.3 is 4.74 Å². The van der Waals surface area contributed by atoms with E-state index in [0.717, 1.165) is 22.7 Å². The number of hydrogen-bond acceptors (Lipinski definition) is 4. The fourth-order valence-corrected chi connectivity index (χ4v) is 3.81. The summed E-state index contributed by atoms with van der Waals surface area (Å²) in [6.07, 6.45) is 2.30. The van der Waals surface area contributed by atoms with E-state index in [1.165, 1.54) is 0 Å². The topological polar surface area (TPSA) is 73.2 Å². The lowest BCUT2D eigenvalue weighted by Crippen LogP contribution is -2.29. The van der Waals surface area contributed by atoms with Crippen LogP contribution in [0.5, 0.6) is 5.75 Å². The van der Waals surface area contributed by atoms with E-state index >= 15 is 0 Å². The van der Waals surface area contributed by atoms with Crippen LogP contribution in [0.2, 0.25) is 0 Å². The van der Waals surface area contributed by atoms with Gasteiger partial charge in [0.25, 0.3) is 0 Å². The fraction of sp³-hybridized carbons (Fsp3) is 0.438. The third-order valence-electron chi connectivity index (χ3n) is 3.66. The largest absolute Gasteiger partial charge is 0.497 e. The van der Waals surface area contributed by atoms with Crippen molar-refractivity contribution in [1.82, 2.24) is 14.5 Å². The first kappa shape index (κ1) is 17.5. The minimum Gasteiger partial charge on any atom is -0.497 e. The Morgan fingerprint density at radius 2 is 1.96 bits per heavy atom. The number of nitrogens with one attached hydrogen (secondary N) is 1. The summed E-state index contributed by atoms with van der Waals surface area (Å²) in [5.74, 6) is 0.905. The summed E-state index contributed by atoms with van der Waals surface area (Å²) in [6.45, 7) is 5.60. The highest BCUT2D eigenvalue weighted by Gasteiger charge is 2.19. The van der Waals surface area contributed by atoms with Crippen molar-refractivity contribution in [2.24, 2.45) is 0 Å². The van der Waals surface area contributed by atoms with Crippen LogP contribution >= 0.6 is 0 Å². The highest BCUT2D eigenvalue weighted by Crippen LogP contribution is 2.22. The molecule has 0 aliphatic carbocycles. The molecule has 1 N–H and O–H groups in total. The molecular formula is C16H23N3O3S. The molecule has 0 unspecified atom stereocenters. The van der Waals surface area contributed by atoms with Gasteiger partial charge in [0.1, 0.15) is 5.75 Å². The summed E-state index contributed by atoms with van der Waals surface area (Å²) in [5.41, 5.74) is 2.67. The van der Waals surface area contributed by atoms with Gasteiger partial charge in [0.2, 0.25) is 10.0 Å². The molecule has 126 valence electrons. The molecule has 1 aromatic carbocycles. The van der Waals surface area contributed by atoms with Gasteiger partial charge in [-0.3, -0.25) is 0 Å². The highest BCUT2D eigenvalue weighted by molar-refractivity contribution is 7.89. The minimum absolute atomic E-state index is 0.128. The van der Waals surface area contributed by atoms with Gasteiger partial charge in [0, 0.05) is 17.3 Å². The maximum atomic E-state index is 11.9. The number of benzene rings is 1. The van der Waals surface area contributed by atoms with Crippen molar-refractivity contribution in [2.45, 2.75) is 33.2 Å². The Bertz CT molecular complexity index is 751. The molecule has 0 saturated heterocycles. The molecule has 2 rings (SSSR count). The Kier molecular flexibility index (Phi) is 5.43. The van der Waals surface area contributed by atoms with Gasteiger partial charge in [-0.25, -0.2) is 17.8 Å². The first-order chi connectivity index (χ1) is 10.9. The SMILES string of the molecule is CCCS(=O)(=O)N[C@@H](C)c1cnn(-c2ccc(OC)cc2)c1C. The Morgan fingerprint density at radius 1 is 1.30 bits per heavy atom. The average molecular weight is 337 g/mol. The van der Waals surface area contributed by atoms with Crippen molar-refractivity contribution >= 4 is 10.0 Å². The van der Waals surface area contributed by atoms with Crippen molar-refractivity contribution in [3.05, 3.63) is 41.7 Å². The van der Waals surface area contributed by atoms with E-state index in [1.807, 2.05) is 45.0 Å². The van der Waals surface area contributed by atoms with Crippen LogP contribution in [0.25, 0.3) is 5.69 Å². The van der Waals surface area contributed by atoms with E-state index < -0.39 is 10.0 Å². The number of aromatic nitrogens is 2. The summed E-state index contributed by atoms with van der Waals surface area (Å²) >= 11 is 0. The first-order valence-electron chi connectivity index (χ1n) is 7.57. The molecule has 0 radical (unpaired) electrons. The predicted octanol–water partition coefficient (Wildman–Crippen LogP) is 2.58. The Balaban J connectivity index is 2.24. The molecule has 1 heterocycles. The van der Waals surface area contributed by atoms with E-state index in [0.29, 0.717) is 6.42 Å². The molecule has 0 amide bonds. The van der Waals surface area contributed by atoms with Gasteiger partial charge in [-0.15, -0.1) is 0 Å². The molecule has 23 heavy (non-hydrogen) atoms. The van der Waals surface area contributed by atoms with Gasteiger partial charge in [-0.05, 0) is 44.5 Å². The molecule has 6 nitrogen and oxygen atoms in total. The fourth-order valence-electron chi connectivity index (χ4n) is 2.49. The summed E-state index contributed by atoms with van der Waals surface area (Å²) in [5, 5.41) is 4.38. The predicted molar refractivity (Wildman–Crippen MR) is 90.5 cm³/mol. The second-order valence-electron chi connectivity index (χ2n) is 5.45. The molecule has 7 heteroatoms. The third-order valence-corrected chi connectivity index (χ3v) is 5.32. The molecule has 0 bridgehead atoms. The van der Waals surface area contributed by atoms with Gasteiger partial charge in [-0.2, -0.15) is 5.10 Å². The number of sulfonamides is 1. The average Bonchev–Trinajstić information content (AvgIpc) is 2.88. The lowest BCUT2D eigenvalue weighted by Gasteiger charge is -2.14. The Hall–Kier alpha value is -1.86. The van der Waals surface area contributed by atoms with E-state index in [4.69, 9.17) is 4.74 Å². The van der Waals surface area contributed by atoms with Gasteiger partial charge in [0.05, 0.1) is 24.7 Å². The Labute approximate surface area is 137 Å². The summed E-state index contributed by atoms with van der Waals surface area (Å²) in [4.78, 5) is 0. The number of hydrogen-bond donors (Lipinski definition) is 1. The minimum atomic E-state index is -3.26. The van der Waals surface area contributed by atoms with Crippen LogP contribution in [0.1, 0.15) is 37.6 Å². The van der Waals surface area contributed by atoms with Gasteiger partial charge in [0.15, 0.2) is 0 Å². The standard InChI is InChI=1S/C16H23N3O3S/c1-5-10-23(20,21)18-12(2)16-11-17-19(13(16)3)14-6-8-15(22-4)9-7-14/h6-9,11-12,18H,5,10H2,1-4H3/t12-/m0/s1. The summed E-state index contributed by atoms with van der Waals surface area (Å²) in [7, 11) is -1.64. The first-order valence-corrected chi connectivity index (χ1v) is 9.22. The van der Waals surface area contributed by atoms with Crippen LogP contribution in [-0.4, -0.2) is 31.1 Å². The van der Waals surface area contributed by atoms with Crippen molar-refractivity contribution in [2.75, 3.05) is 12.9 Å². The van der Waals surface area contributed by atoms with Gasteiger partial charge in [-0.1, -0.05) is 6.92 Å². The van der Waals surface area contributed by atoms with Crippen LogP contribution < -0.4 is 9.46 Å². The molecule has 0 fully saturated rings. The van der Waals surface area contributed by atoms with Crippen LogP contribution in [0.4, 0.5) is 0 Å². The second kappa shape index (κ2) is 7.14. The zero-order chi connectivity index (χ0) is 17.0. The highest BCUT2D eigenvalue weighted by atomic mass is 32.2. The molecule has 1 aromatic heterocycles. The quantitative estimate of drug-likeness (QED) is 0.843. The third kappa shape index (κ3) is 4.11. The molecular weight excluding hydrogens is 314 g/mol. The summed E-state index contributed by atoms with van der Waals surface area (Å²) in [6, 6.07) is 7.23. The number of ether oxygens (including phenoxy) is 1. The van der Waals surface area contributed by atoms with Crippen LogP contribution in [-0.2, 0) is 10.0 Å². The van der Waals surface area contributed by atoms with E-state index in [1.54, 1.807) is 18.0 Å². The van der Waals surface area contributed by atoms with Crippen molar-refractivity contribution in [3.8, 4) is 11.4 Å². The molecule has 1 atom stereocenters. The van der Waals surface area contributed by atoms with Crippen LogP contribution in [0.15, 0.2) is 30.5 Å². The Morgan fingerprint density at radius 3 is 2.52 bits per heavy atom. The lowest BCUT2D eigenvalue weighted by atomic mass is 10.1. The van der Waals surface area contributed by atoms with Crippen molar-refractivity contribution in [3.63, 3.8) is 0 Å². The lowest BCUT2D eigenvalue weighted by molar-refractivity contribution is 0.414. The zero-order valence-corrected chi connectivity index (χ0v) is 14.7. The molecule has 2 aromatic rings. The summed E-state index contributed by atoms with van der Waals surface area (Å²) < 4.78 is 33.5. The van der Waals surface area contributed by atoms with Crippen LogP contribution in [0, 0.1) is 6.92 Å². The molecule has 0 spiro atoms. The van der Waals surface area contributed by atoms with Gasteiger partial charge >= 0.3 is 0 Å². The number of rotatable bonds is 7. The molecule has 0 aliphatic heterocycles. The zero-order valence-electron chi connectivity index (χ0n) is 13.9. The normalized spacial score (nSPS) is 13.0. The molecule has 0 saturated carbocycles. The number of methoxy groups -OCH3 is 1. The van der Waals surface area contributed by atoms with Crippen molar-refractivity contribution < 1.29 is 13.2 Å². The molecule has 0 aliphatic rings.